The van der Waals surface area contributed by atoms with E-state index in [1.165, 1.54) is 6.20 Å². The Balaban J connectivity index is 2.26. The fraction of sp³-hybridized carbons (Fsp3) is 0.571. The number of nitrogens with one attached hydrogen (secondary N) is 1. The molecule has 2 aliphatic carbocycles. The van der Waals surface area contributed by atoms with Gasteiger partial charge in [-0.05, 0) is 12.3 Å². The van der Waals surface area contributed by atoms with Gasteiger partial charge >= 0.3 is 0 Å². The minimum absolute atomic E-state index is 0.0544. The Labute approximate surface area is 61.6 Å². The van der Waals surface area contributed by atoms with Crippen LogP contribution in [0.15, 0.2) is 6.20 Å². The van der Waals surface area contributed by atoms with Gasteiger partial charge in [-0.25, -0.2) is 0 Å². The number of rotatable bonds is 0. The molecule has 2 atom stereocenters. The van der Waals surface area contributed by atoms with Crippen LogP contribution < -0.4 is 0 Å². The van der Waals surface area contributed by atoms with Crippen LogP contribution >= 0.6 is 0 Å². The van der Waals surface area contributed by atoms with E-state index in [1.807, 2.05) is 0 Å². The van der Waals surface area contributed by atoms with E-state index in [4.69, 9.17) is 0 Å². The summed E-state index contributed by atoms with van der Waals surface area (Å²) in [6.07, 6.45) is 2.17. The standard InChI is InChI=1S/C7H6F2N2/c8-7(9)5-1-3(5)4-2-10-11-6(4)7/h2-3,5H,1H2,(H,10,11)/t3-,5?/m1/s1. The minimum Gasteiger partial charge on any atom is -0.276 e. The fourth-order valence-electron chi connectivity index (χ4n) is 1.97. The lowest BCUT2D eigenvalue weighted by Gasteiger charge is -2.09. The van der Waals surface area contributed by atoms with E-state index >= 15 is 0 Å². The van der Waals surface area contributed by atoms with Crippen molar-refractivity contribution in [3.63, 3.8) is 0 Å². The second kappa shape index (κ2) is 1.33. The summed E-state index contributed by atoms with van der Waals surface area (Å²) in [5, 5.41) is 5.98. The number of hydrogen-bond donors (Lipinski definition) is 1. The SMILES string of the molecule is FC1(F)c2[nH]ncc2[C@H]2CC21. The van der Waals surface area contributed by atoms with Crippen LogP contribution in [0.1, 0.15) is 23.6 Å². The van der Waals surface area contributed by atoms with E-state index in [2.05, 4.69) is 10.2 Å². The lowest BCUT2D eigenvalue weighted by Crippen LogP contribution is -2.13. The second-order valence-corrected chi connectivity index (χ2v) is 3.27. The van der Waals surface area contributed by atoms with Gasteiger partial charge < -0.3 is 0 Å². The lowest BCUT2D eigenvalue weighted by molar-refractivity contribution is -0.0268. The quantitative estimate of drug-likeness (QED) is 0.607. The summed E-state index contributed by atoms with van der Waals surface area (Å²) in [5.41, 5.74) is 0.791. The van der Waals surface area contributed by atoms with Crippen molar-refractivity contribution >= 4 is 0 Å². The van der Waals surface area contributed by atoms with Crippen LogP contribution in [0.5, 0.6) is 0 Å². The van der Waals surface area contributed by atoms with Crippen molar-refractivity contribution < 1.29 is 8.78 Å². The molecule has 0 saturated heterocycles. The van der Waals surface area contributed by atoms with Crippen molar-refractivity contribution in [3.8, 4) is 0 Å². The number of halogens is 2. The number of fused-ring (bicyclic) bond motifs is 3. The zero-order valence-corrected chi connectivity index (χ0v) is 5.64. The highest BCUT2D eigenvalue weighted by molar-refractivity contribution is 5.40. The van der Waals surface area contributed by atoms with Crippen molar-refractivity contribution in [1.29, 1.82) is 0 Å². The van der Waals surface area contributed by atoms with Gasteiger partial charge in [0.25, 0.3) is 5.92 Å². The van der Waals surface area contributed by atoms with Gasteiger partial charge in [0.15, 0.2) is 0 Å². The Morgan fingerprint density at radius 2 is 2.45 bits per heavy atom. The molecule has 1 aromatic rings. The van der Waals surface area contributed by atoms with Gasteiger partial charge in [0, 0.05) is 11.5 Å². The van der Waals surface area contributed by atoms with Crippen LogP contribution in [0.3, 0.4) is 0 Å². The van der Waals surface area contributed by atoms with Gasteiger partial charge in [-0.15, -0.1) is 0 Å². The molecule has 0 aliphatic heterocycles. The molecule has 1 unspecified atom stereocenters. The molecule has 0 radical (unpaired) electrons. The highest BCUT2D eigenvalue weighted by Gasteiger charge is 2.64. The Bertz CT molecular complexity index is 318. The van der Waals surface area contributed by atoms with Crippen LogP contribution in [0.4, 0.5) is 8.78 Å². The first kappa shape index (κ1) is 5.69. The Kier molecular flexibility index (Phi) is 0.688. The highest BCUT2D eigenvalue weighted by Crippen LogP contribution is 2.66. The molecule has 11 heavy (non-hydrogen) atoms. The molecule has 0 bridgehead atoms. The van der Waals surface area contributed by atoms with Gasteiger partial charge in [-0.1, -0.05) is 0 Å². The van der Waals surface area contributed by atoms with Crippen molar-refractivity contribution in [2.24, 2.45) is 5.92 Å². The molecular weight excluding hydrogens is 150 g/mol. The maximum Gasteiger partial charge on any atom is 0.292 e. The number of aromatic nitrogens is 2. The van der Waals surface area contributed by atoms with Crippen LogP contribution in [-0.2, 0) is 5.92 Å². The first-order chi connectivity index (χ1) is 5.21. The molecule has 1 saturated carbocycles. The molecule has 1 heterocycles. The average Bonchev–Trinajstić information content (AvgIpc) is 2.54. The maximum absolute atomic E-state index is 13.1. The van der Waals surface area contributed by atoms with E-state index in [0.717, 1.165) is 5.56 Å². The van der Waals surface area contributed by atoms with E-state index in [1.54, 1.807) is 0 Å². The van der Waals surface area contributed by atoms with Crippen molar-refractivity contribution in [3.05, 3.63) is 17.5 Å². The minimum atomic E-state index is -2.63. The van der Waals surface area contributed by atoms with Crippen LogP contribution in [0.25, 0.3) is 0 Å². The Morgan fingerprint density at radius 3 is 3.18 bits per heavy atom. The second-order valence-electron chi connectivity index (χ2n) is 3.27. The number of H-pyrrole nitrogens is 1. The first-order valence-electron chi connectivity index (χ1n) is 3.63. The van der Waals surface area contributed by atoms with Gasteiger partial charge in [0.2, 0.25) is 0 Å². The zero-order valence-electron chi connectivity index (χ0n) is 5.64. The smallest absolute Gasteiger partial charge is 0.276 e. The number of nitrogens with zero attached hydrogens (tertiary/aromatic N) is 1. The first-order valence-corrected chi connectivity index (χ1v) is 3.63. The topological polar surface area (TPSA) is 28.7 Å². The molecule has 2 aliphatic rings. The molecule has 0 aromatic carbocycles. The summed E-state index contributed by atoms with van der Waals surface area (Å²) in [4.78, 5) is 0. The number of alkyl halides is 2. The van der Waals surface area contributed by atoms with Gasteiger partial charge in [0.1, 0.15) is 5.69 Å². The molecule has 1 N–H and O–H groups in total. The predicted octanol–water partition coefficient (Wildman–Crippen LogP) is 1.62. The van der Waals surface area contributed by atoms with E-state index in [0.29, 0.717) is 6.42 Å². The molecule has 0 spiro atoms. The molecular formula is C7H6F2N2. The summed E-state index contributed by atoms with van der Waals surface area (Å²) >= 11 is 0. The summed E-state index contributed by atoms with van der Waals surface area (Å²) in [6.45, 7) is 0. The largest absolute Gasteiger partial charge is 0.292 e. The van der Waals surface area contributed by atoms with Gasteiger partial charge in [-0.2, -0.15) is 13.9 Å². The summed E-state index contributed by atoms with van der Waals surface area (Å²) < 4.78 is 26.3. The third kappa shape index (κ3) is 0.470. The summed E-state index contributed by atoms with van der Waals surface area (Å²) in [6, 6.07) is 0. The third-order valence-corrected chi connectivity index (χ3v) is 2.66. The lowest BCUT2D eigenvalue weighted by atomic mass is 10.2. The monoisotopic (exact) mass is 156 g/mol. The van der Waals surface area contributed by atoms with E-state index in [-0.39, 0.29) is 11.6 Å². The molecule has 3 rings (SSSR count). The van der Waals surface area contributed by atoms with Crippen molar-refractivity contribution in [2.45, 2.75) is 18.3 Å². The molecule has 2 nitrogen and oxygen atoms in total. The number of hydrogen-bond acceptors (Lipinski definition) is 1. The van der Waals surface area contributed by atoms with Gasteiger partial charge in [-0.3, -0.25) is 5.10 Å². The van der Waals surface area contributed by atoms with Crippen LogP contribution in [0, 0.1) is 5.92 Å². The normalized spacial score (nSPS) is 36.5. The van der Waals surface area contributed by atoms with Crippen LogP contribution in [-0.4, -0.2) is 10.2 Å². The molecule has 4 heteroatoms. The van der Waals surface area contributed by atoms with Crippen LogP contribution in [0.2, 0.25) is 0 Å². The van der Waals surface area contributed by atoms with Gasteiger partial charge in [0.05, 0.1) is 6.20 Å². The third-order valence-electron chi connectivity index (χ3n) is 2.66. The predicted molar refractivity (Wildman–Crippen MR) is 33.3 cm³/mol. The fourth-order valence-corrected chi connectivity index (χ4v) is 1.97. The molecule has 1 fully saturated rings. The van der Waals surface area contributed by atoms with E-state index in [9.17, 15) is 8.78 Å². The molecule has 58 valence electrons. The Hall–Kier alpha value is -0.930. The van der Waals surface area contributed by atoms with Crippen molar-refractivity contribution in [2.75, 3.05) is 0 Å². The maximum atomic E-state index is 13.1. The highest BCUT2D eigenvalue weighted by atomic mass is 19.3. The molecule has 0 amide bonds. The summed E-state index contributed by atoms with van der Waals surface area (Å²) in [7, 11) is 0. The zero-order chi connectivity index (χ0) is 7.64. The van der Waals surface area contributed by atoms with Crippen molar-refractivity contribution in [1.82, 2.24) is 10.2 Å². The van der Waals surface area contributed by atoms with E-state index < -0.39 is 11.8 Å². The molecule has 1 aromatic heterocycles. The Morgan fingerprint density at radius 1 is 1.64 bits per heavy atom. The number of aromatic amines is 1. The summed E-state index contributed by atoms with van der Waals surface area (Å²) in [5.74, 6) is -2.96. The average molecular weight is 156 g/mol.